The number of imidazole rings is 1. The first-order valence-corrected chi connectivity index (χ1v) is 10.8. The Morgan fingerprint density at radius 2 is 1.94 bits per heavy atom. The second-order valence-electron chi connectivity index (χ2n) is 7.60. The van der Waals surface area contributed by atoms with E-state index >= 15 is 0 Å². The molecular weight excluding hydrogens is 424 g/mol. The number of rotatable bonds is 8. The topological polar surface area (TPSA) is 115 Å². The molecule has 2 aromatic heterocycles. The van der Waals surface area contributed by atoms with Crippen molar-refractivity contribution in [2.75, 3.05) is 37.7 Å². The molecule has 172 valence electrons. The van der Waals surface area contributed by atoms with E-state index in [4.69, 9.17) is 9.84 Å². The third-order valence-corrected chi connectivity index (χ3v) is 5.41. The minimum atomic E-state index is -1.15. The highest BCUT2D eigenvalue weighted by Crippen LogP contribution is 2.22. The third-order valence-electron chi connectivity index (χ3n) is 5.41. The fourth-order valence-electron chi connectivity index (χ4n) is 3.82. The van der Waals surface area contributed by atoms with Gasteiger partial charge in [0.25, 0.3) is 5.56 Å². The predicted octanol–water partition coefficient (Wildman–Crippen LogP) is 0.732. The molecule has 1 aliphatic rings. The number of carboxylic acid groups (broad SMARTS) is 1. The normalized spacial score (nSPS) is 13.5. The summed E-state index contributed by atoms with van der Waals surface area (Å²) >= 11 is 0. The van der Waals surface area contributed by atoms with Crippen LogP contribution in [0, 0.1) is 11.8 Å². The maximum Gasteiger partial charge on any atom is 0.341 e. The molecule has 1 fully saturated rings. The van der Waals surface area contributed by atoms with Crippen molar-refractivity contribution in [2.45, 2.75) is 26.4 Å². The van der Waals surface area contributed by atoms with Crippen molar-refractivity contribution in [1.82, 2.24) is 24.4 Å². The lowest BCUT2D eigenvalue weighted by Crippen LogP contribution is -2.44. The molecule has 0 saturated carbocycles. The number of carbonyl (C=O) groups is 1. The second-order valence-corrected chi connectivity index (χ2v) is 7.60. The number of aryl methyl sites for hydroxylation is 1. The van der Waals surface area contributed by atoms with E-state index in [1.54, 1.807) is 11.5 Å². The third kappa shape index (κ3) is 4.99. The first kappa shape index (κ1) is 22.4. The average Bonchev–Trinajstić information content (AvgIpc) is 3.20. The number of aliphatic carboxylic acids is 1. The second kappa shape index (κ2) is 10.2. The number of hydrogen-bond acceptors (Lipinski definition) is 7. The highest BCUT2D eigenvalue weighted by atomic mass is 16.5. The molecule has 3 aromatic rings. The standard InChI is InChI=1S/C23H26N6O4/c1-2-3-12-28-19-20(25-22(28)27-14-10-24-11-15-27)26-23(33-16-18(30)31)29(21(19)32)13-9-17-7-5-4-6-8-17/h4-8,24H,9-16H2,1H3,(H,30,31). The molecule has 0 amide bonds. The lowest BCUT2D eigenvalue weighted by Gasteiger charge is -2.28. The Morgan fingerprint density at radius 1 is 1.18 bits per heavy atom. The predicted molar refractivity (Wildman–Crippen MR) is 124 cm³/mol. The lowest BCUT2D eigenvalue weighted by molar-refractivity contribution is -0.139. The van der Waals surface area contributed by atoms with E-state index in [0.29, 0.717) is 24.4 Å². The fourth-order valence-corrected chi connectivity index (χ4v) is 3.82. The molecular formula is C23H26N6O4. The summed E-state index contributed by atoms with van der Waals surface area (Å²) in [7, 11) is 0. The Balaban J connectivity index is 1.82. The van der Waals surface area contributed by atoms with Crippen molar-refractivity contribution in [3.8, 4) is 17.9 Å². The molecule has 4 rings (SSSR count). The summed E-state index contributed by atoms with van der Waals surface area (Å²) in [5.74, 6) is 5.38. The number of hydrogen-bond donors (Lipinski definition) is 2. The largest absolute Gasteiger partial charge is 0.479 e. The van der Waals surface area contributed by atoms with Crippen LogP contribution in [0.25, 0.3) is 11.2 Å². The highest BCUT2D eigenvalue weighted by Gasteiger charge is 2.24. The zero-order valence-electron chi connectivity index (χ0n) is 18.5. The minimum Gasteiger partial charge on any atom is -0.479 e. The number of anilines is 1. The maximum absolute atomic E-state index is 13.7. The first-order valence-electron chi connectivity index (χ1n) is 10.8. The van der Waals surface area contributed by atoms with Gasteiger partial charge in [-0.05, 0) is 18.9 Å². The quantitative estimate of drug-likeness (QED) is 0.483. The molecule has 3 heterocycles. The zero-order valence-corrected chi connectivity index (χ0v) is 18.5. The van der Waals surface area contributed by atoms with Gasteiger partial charge in [-0.1, -0.05) is 36.3 Å². The van der Waals surface area contributed by atoms with E-state index in [1.165, 1.54) is 4.57 Å². The molecule has 10 heteroatoms. The van der Waals surface area contributed by atoms with Crippen LogP contribution < -0.4 is 20.5 Å². The van der Waals surface area contributed by atoms with Crippen LogP contribution in [0.4, 0.5) is 5.95 Å². The first-order chi connectivity index (χ1) is 16.1. The van der Waals surface area contributed by atoms with Crippen molar-refractivity contribution < 1.29 is 14.6 Å². The van der Waals surface area contributed by atoms with E-state index in [2.05, 4.69) is 32.0 Å². The molecule has 0 radical (unpaired) electrons. The Bertz CT molecular complexity index is 1250. The SMILES string of the molecule is CC#CCn1c(N2CCNCC2)nc2nc(OCC(=O)O)n(CCc3ccccc3)c(=O)c21. The monoisotopic (exact) mass is 450 g/mol. The molecule has 2 N–H and O–H groups in total. The van der Waals surface area contributed by atoms with Crippen molar-refractivity contribution in [3.05, 3.63) is 46.2 Å². The van der Waals surface area contributed by atoms with E-state index < -0.39 is 12.6 Å². The number of fused-ring (bicyclic) bond motifs is 1. The summed E-state index contributed by atoms with van der Waals surface area (Å²) in [6, 6.07) is 9.68. The number of benzene rings is 1. The summed E-state index contributed by atoms with van der Waals surface area (Å²) in [4.78, 5) is 36.0. The average molecular weight is 450 g/mol. The van der Waals surface area contributed by atoms with Crippen LogP contribution in [0.5, 0.6) is 6.01 Å². The number of ether oxygens (including phenoxy) is 1. The number of aromatic nitrogens is 4. The molecule has 0 atom stereocenters. The van der Waals surface area contributed by atoms with Crippen molar-refractivity contribution in [3.63, 3.8) is 0 Å². The van der Waals surface area contributed by atoms with Crippen LogP contribution >= 0.6 is 0 Å². The Hall–Kier alpha value is -3.84. The minimum absolute atomic E-state index is 0.0519. The number of nitrogens with one attached hydrogen (secondary N) is 1. The molecule has 0 spiro atoms. The van der Waals surface area contributed by atoms with Gasteiger partial charge in [-0.2, -0.15) is 9.97 Å². The Labute approximate surface area is 190 Å². The fraction of sp³-hybridized carbons (Fsp3) is 0.391. The highest BCUT2D eigenvalue weighted by molar-refractivity contribution is 5.75. The van der Waals surface area contributed by atoms with E-state index in [9.17, 15) is 9.59 Å². The Morgan fingerprint density at radius 3 is 2.64 bits per heavy atom. The summed E-state index contributed by atoms with van der Waals surface area (Å²) in [6.45, 7) is 4.84. The van der Waals surface area contributed by atoms with Gasteiger partial charge in [0.15, 0.2) is 17.8 Å². The van der Waals surface area contributed by atoms with Gasteiger partial charge in [0.05, 0.1) is 6.54 Å². The molecule has 10 nitrogen and oxygen atoms in total. The summed E-state index contributed by atoms with van der Waals surface area (Å²) in [5, 5.41) is 12.4. The van der Waals surface area contributed by atoms with Gasteiger partial charge in [-0.3, -0.25) is 13.9 Å². The van der Waals surface area contributed by atoms with Crippen LogP contribution in [0.3, 0.4) is 0 Å². The molecule has 1 aliphatic heterocycles. The Kier molecular flexibility index (Phi) is 6.90. The molecule has 1 saturated heterocycles. The molecule has 33 heavy (non-hydrogen) atoms. The van der Waals surface area contributed by atoms with Gasteiger partial charge in [0, 0.05) is 32.7 Å². The number of piperazine rings is 1. The van der Waals surface area contributed by atoms with Crippen molar-refractivity contribution >= 4 is 23.1 Å². The summed E-state index contributed by atoms with van der Waals surface area (Å²) in [6.07, 6.45) is 0.560. The smallest absolute Gasteiger partial charge is 0.341 e. The van der Waals surface area contributed by atoms with Gasteiger partial charge in [-0.15, -0.1) is 5.92 Å². The lowest BCUT2D eigenvalue weighted by atomic mass is 10.1. The molecule has 0 unspecified atom stereocenters. The van der Waals surface area contributed by atoms with Gasteiger partial charge in [0.1, 0.15) is 0 Å². The van der Waals surface area contributed by atoms with Crippen LogP contribution in [0.2, 0.25) is 0 Å². The molecule has 0 aliphatic carbocycles. The van der Waals surface area contributed by atoms with Gasteiger partial charge < -0.3 is 20.1 Å². The number of nitrogens with zero attached hydrogens (tertiary/aromatic N) is 5. The van der Waals surface area contributed by atoms with Crippen LogP contribution in [-0.2, 0) is 24.3 Å². The molecule has 0 bridgehead atoms. The van der Waals surface area contributed by atoms with Gasteiger partial charge >= 0.3 is 12.0 Å². The van der Waals surface area contributed by atoms with E-state index in [1.807, 2.05) is 30.3 Å². The van der Waals surface area contributed by atoms with Crippen molar-refractivity contribution in [2.24, 2.45) is 0 Å². The summed E-state index contributed by atoms with van der Waals surface area (Å²) in [5.41, 5.74) is 1.27. The van der Waals surface area contributed by atoms with Crippen molar-refractivity contribution in [1.29, 1.82) is 0 Å². The van der Waals surface area contributed by atoms with Gasteiger partial charge in [-0.25, -0.2) is 4.79 Å². The zero-order chi connectivity index (χ0) is 23.2. The van der Waals surface area contributed by atoms with Crippen LogP contribution in [0.1, 0.15) is 12.5 Å². The summed E-state index contributed by atoms with van der Waals surface area (Å²) < 4.78 is 8.59. The maximum atomic E-state index is 13.7. The van der Waals surface area contributed by atoms with E-state index in [0.717, 1.165) is 31.7 Å². The van der Waals surface area contributed by atoms with Crippen LogP contribution in [0.15, 0.2) is 35.1 Å². The van der Waals surface area contributed by atoms with Crippen LogP contribution in [-0.4, -0.2) is 63.0 Å². The number of carboxylic acids is 1. The molecule has 1 aromatic carbocycles. The van der Waals surface area contributed by atoms with Gasteiger partial charge in [0.2, 0.25) is 5.95 Å². The van der Waals surface area contributed by atoms with E-state index in [-0.39, 0.29) is 23.8 Å².